The monoisotopic (exact) mass is 328 g/mol. The van der Waals surface area contributed by atoms with Crippen molar-refractivity contribution in [1.82, 2.24) is 9.97 Å². The molecule has 0 saturated heterocycles. The van der Waals surface area contributed by atoms with Crippen LogP contribution in [0.5, 0.6) is 0 Å². The Morgan fingerprint density at radius 2 is 1.70 bits per heavy atom. The summed E-state index contributed by atoms with van der Waals surface area (Å²) in [6, 6.07) is 9.82. The van der Waals surface area contributed by atoms with E-state index in [-0.39, 0.29) is 10.8 Å². The van der Waals surface area contributed by atoms with E-state index in [1.54, 1.807) is 38.1 Å². The normalized spacial score (nSPS) is 11.8. The number of rotatable bonds is 4. The van der Waals surface area contributed by atoms with Gasteiger partial charge >= 0.3 is 0 Å². The van der Waals surface area contributed by atoms with Crippen LogP contribution in [0.25, 0.3) is 0 Å². The first-order valence-corrected chi connectivity index (χ1v) is 8.32. The van der Waals surface area contributed by atoms with Gasteiger partial charge in [-0.3, -0.25) is 0 Å². The SMILES string of the molecule is Cc1ccc(S(=O)(=O)/C(C#N)=C\Nc2nc(C)cc(C)n2)cc1. The first kappa shape index (κ1) is 16.6. The topological polar surface area (TPSA) is 95.7 Å². The number of anilines is 1. The van der Waals surface area contributed by atoms with Crippen LogP contribution >= 0.6 is 0 Å². The second kappa shape index (κ2) is 6.58. The average Bonchev–Trinajstić information content (AvgIpc) is 2.47. The van der Waals surface area contributed by atoms with E-state index in [1.807, 2.05) is 6.92 Å². The summed E-state index contributed by atoms with van der Waals surface area (Å²) < 4.78 is 24.9. The molecule has 0 unspecified atom stereocenters. The van der Waals surface area contributed by atoms with Gasteiger partial charge in [-0.1, -0.05) is 17.7 Å². The minimum absolute atomic E-state index is 0.0686. The summed E-state index contributed by atoms with van der Waals surface area (Å²) in [6.07, 6.45) is 1.11. The predicted octanol–water partition coefficient (Wildman–Crippen LogP) is 2.65. The standard InChI is InChI=1S/C16H16N4O2S/c1-11-4-6-14(7-5-11)23(21,22)15(9-17)10-18-16-19-12(2)8-13(3)20-16/h4-8,10H,1-3H3,(H,18,19,20)/b15-10-. The van der Waals surface area contributed by atoms with E-state index in [4.69, 9.17) is 0 Å². The lowest BCUT2D eigenvalue weighted by Crippen LogP contribution is -2.07. The molecule has 0 aliphatic carbocycles. The minimum atomic E-state index is -3.88. The Morgan fingerprint density at radius 3 is 2.22 bits per heavy atom. The highest BCUT2D eigenvalue weighted by Gasteiger charge is 2.20. The molecule has 6 nitrogen and oxygen atoms in total. The second-order valence-corrected chi connectivity index (χ2v) is 6.97. The average molecular weight is 328 g/mol. The maximum Gasteiger partial charge on any atom is 0.227 e. The molecule has 1 aromatic carbocycles. The Hall–Kier alpha value is -2.72. The van der Waals surface area contributed by atoms with E-state index in [0.29, 0.717) is 0 Å². The first-order valence-electron chi connectivity index (χ1n) is 6.84. The third-order valence-corrected chi connectivity index (χ3v) is 4.73. The van der Waals surface area contributed by atoms with Crippen molar-refractivity contribution >= 4 is 15.8 Å². The Morgan fingerprint density at radius 1 is 1.13 bits per heavy atom. The van der Waals surface area contributed by atoms with E-state index < -0.39 is 14.7 Å². The van der Waals surface area contributed by atoms with Crippen LogP contribution in [-0.2, 0) is 9.84 Å². The fraction of sp³-hybridized carbons (Fsp3) is 0.188. The van der Waals surface area contributed by atoms with Crippen molar-refractivity contribution in [1.29, 1.82) is 5.26 Å². The van der Waals surface area contributed by atoms with Crippen molar-refractivity contribution < 1.29 is 8.42 Å². The molecule has 0 aliphatic heterocycles. The molecule has 0 bridgehead atoms. The molecule has 23 heavy (non-hydrogen) atoms. The van der Waals surface area contributed by atoms with Crippen LogP contribution in [-0.4, -0.2) is 18.4 Å². The fourth-order valence-electron chi connectivity index (χ4n) is 1.93. The molecule has 1 N–H and O–H groups in total. The van der Waals surface area contributed by atoms with Gasteiger partial charge in [0, 0.05) is 17.6 Å². The van der Waals surface area contributed by atoms with Crippen LogP contribution in [0.1, 0.15) is 17.0 Å². The van der Waals surface area contributed by atoms with E-state index in [9.17, 15) is 13.7 Å². The van der Waals surface area contributed by atoms with Gasteiger partial charge in [0.05, 0.1) is 4.90 Å². The Balaban J connectivity index is 2.35. The number of aryl methyl sites for hydroxylation is 3. The molecule has 0 atom stereocenters. The lowest BCUT2D eigenvalue weighted by Gasteiger charge is -2.05. The molecule has 0 amide bonds. The number of sulfone groups is 1. The zero-order valence-corrected chi connectivity index (χ0v) is 13.8. The number of benzene rings is 1. The van der Waals surface area contributed by atoms with E-state index in [0.717, 1.165) is 23.2 Å². The van der Waals surface area contributed by atoms with Crippen LogP contribution in [0.3, 0.4) is 0 Å². The zero-order chi connectivity index (χ0) is 17.0. The van der Waals surface area contributed by atoms with E-state index in [2.05, 4.69) is 15.3 Å². The summed E-state index contributed by atoms with van der Waals surface area (Å²) in [5.41, 5.74) is 2.43. The molecule has 0 aliphatic rings. The van der Waals surface area contributed by atoms with Gasteiger partial charge in [-0.15, -0.1) is 0 Å². The highest BCUT2D eigenvalue weighted by Crippen LogP contribution is 2.19. The predicted molar refractivity (Wildman–Crippen MR) is 87.2 cm³/mol. The Kier molecular flexibility index (Phi) is 4.77. The molecule has 1 aromatic heterocycles. The van der Waals surface area contributed by atoms with Crippen molar-refractivity contribution in [3.05, 3.63) is 58.4 Å². The number of nitriles is 1. The quantitative estimate of drug-likeness (QED) is 0.867. The smallest absolute Gasteiger partial charge is 0.227 e. The highest BCUT2D eigenvalue weighted by atomic mass is 32.2. The molecule has 2 aromatic rings. The number of nitrogens with one attached hydrogen (secondary N) is 1. The van der Waals surface area contributed by atoms with Gasteiger partial charge < -0.3 is 5.32 Å². The summed E-state index contributed by atoms with van der Waals surface area (Å²) in [7, 11) is -3.88. The number of nitrogens with zero attached hydrogens (tertiary/aromatic N) is 3. The molecular weight excluding hydrogens is 312 g/mol. The molecule has 2 rings (SSSR count). The van der Waals surface area contributed by atoms with Gasteiger partial charge in [0.25, 0.3) is 0 Å². The van der Waals surface area contributed by atoms with E-state index >= 15 is 0 Å². The van der Waals surface area contributed by atoms with Crippen molar-refractivity contribution in [3.63, 3.8) is 0 Å². The van der Waals surface area contributed by atoms with Gasteiger partial charge in [0.1, 0.15) is 6.07 Å². The van der Waals surface area contributed by atoms with Crippen LogP contribution in [0.2, 0.25) is 0 Å². The van der Waals surface area contributed by atoms with Crippen molar-refractivity contribution in [2.45, 2.75) is 25.7 Å². The summed E-state index contributed by atoms with van der Waals surface area (Å²) in [5, 5.41) is 11.9. The van der Waals surface area contributed by atoms with Gasteiger partial charge in [-0.05, 0) is 39.0 Å². The fourth-order valence-corrected chi connectivity index (χ4v) is 3.02. The Bertz CT molecular complexity index is 874. The second-order valence-electron chi connectivity index (χ2n) is 5.06. The molecule has 0 fully saturated rings. The van der Waals surface area contributed by atoms with Gasteiger partial charge in [-0.25, -0.2) is 18.4 Å². The molecule has 0 radical (unpaired) electrons. The summed E-state index contributed by atoms with van der Waals surface area (Å²) in [6.45, 7) is 5.46. The summed E-state index contributed by atoms with van der Waals surface area (Å²) in [4.78, 5) is 7.94. The number of hydrogen-bond acceptors (Lipinski definition) is 6. The van der Waals surface area contributed by atoms with E-state index in [1.165, 1.54) is 12.1 Å². The van der Waals surface area contributed by atoms with Crippen molar-refractivity contribution in [2.24, 2.45) is 0 Å². The molecule has 0 saturated carbocycles. The summed E-state index contributed by atoms with van der Waals surface area (Å²) >= 11 is 0. The summed E-state index contributed by atoms with van der Waals surface area (Å²) in [5.74, 6) is 0.245. The number of hydrogen-bond donors (Lipinski definition) is 1. The van der Waals surface area contributed by atoms with Gasteiger partial charge in [0.15, 0.2) is 4.91 Å². The van der Waals surface area contributed by atoms with Crippen LogP contribution in [0.4, 0.5) is 5.95 Å². The number of allylic oxidation sites excluding steroid dienone is 1. The highest BCUT2D eigenvalue weighted by molar-refractivity contribution is 7.95. The third kappa shape index (κ3) is 3.93. The maximum absolute atomic E-state index is 12.5. The first-order chi connectivity index (χ1) is 10.8. The van der Waals surface area contributed by atoms with Crippen molar-refractivity contribution in [3.8, 4) is 6.07 Å². The largest absolute Gasteiger partial charge is 0.329 e. The molecule has 7 heteroatoms. The van der Waals surface area contributed by atoms with Crippen LogP contribution in [0, 0.1) is 32.1 Å². The van der Waals surface area contributed by atoms with Crippen molar-refractivity contribution in [2.75, 3.05) is 5.32 Å². The maximum atomic E-state index is 12.5. The minimum Gasteiger partial charge on any atom is -0.329 e. The Labute approximate surface area is 135 Å². The van der Waals surface area contributed by atoms with Gasteiger partial charge in [-0.2, -0.15) is 5.26 Å². The van der Waals surface area contributed by atoms with Crippen LogP contribution < -0.4 is 5.32 Å². The van der Waals surface area contributed by atoms with Gasteiger partial charge in [0.2, 0.25) is 15.8 Å². The molecule has 0 spiro atoms. The third-order valence-electron chi connectivity index (χ3n) is 3.05. The molecule has 118 valence electrons. The lowest BCUT2D eigenvalue weighted by atomic mass is 10.2. The number of aromatic nitrogens is 2. The zero-order valence-electron chi connectivity index (χ0n) is 13.0. The molecule has 1 heterocycles. The lowest BCUT2D eigenvalue weighted by molar-refractivity contribution is 0.603. The molecular formula is C16H16N4O2S. The van der Waals surface area contributed by atoms with Crippen LogP contribution in [0.15, 0.2) is 46.3 Å².